The summed E-state index contributed by atoms with van der Waals surface area (Å²) in [5, 5.41) is 4.25. The number of likely N-dealkylation sites (tertiary alicyclic amines) is 1. The molecule has 1 aliphatic heterocycles. The van der Waals surface area contributed by atoms with E-state index >= 15 is 0 Å². The summed E-state index contributed by atoms with van der Waals surface area (Å²) in [4.78, 5) is 21.4. The molecule has 6 heteroatoms. The minimum absolute atomic E-state index is 0.176. The SMILES string of the molecule is CCN(C)[C@H](C(=O)N1CCC[C@@H](n2cncn2)C1)c1ccccc1. The predicted molar refractivity (Wildman–Crippen MR) is 92.4 cm³/mol. The lowest BCUT2D eigenvalue weighted by Gasteiger charge is -2.37. The third-order valence-electron chi connectivity index (χ3n) is 4.81. The number of aromatic nitrogens is 3. The van der Waals surface area contributed by atoms with Gasteiger partial charge in [-0.2, -0.15) is 5.10 Å². The van der Waals surface area contributed by atoms with E-state index in [9.17, 15) is 4.79 Å². The molecule has 0 bridgehead atoms. The van der Waals surface area contributed by atoms with Gasteiger partial charge in [0.15, 0.2) is 0 Å². The van der Waals surface area contributed by atoms with E-state index in [-0.39, 0.29) is 18.0 Å². The molecule has 0 saturated carbocycles. The Morgan fingerprint density at radius 3 is 2.83 bits per heavy atom. The first-order chi connectivity index (χ1) is 11.7. The first-order valence-corrected chi connectivity index (χ1v) is 8.58. The molecular formula is C18H25N5O. The first kappa shape index (κ1) is 16.6. The van der Waals surface area contributed by atoms with Crippen LogP contribution >= 0.6 is 0 Å². The number of carbonyl (C=O) groups excluding carboxylic acids is 1. The van der Waals surface area contributed by atoms with Crippen molar-refractivity contribution in [2.75, 3.05) is 26.7 Å². The summed E-state index contributed by atoms with van der Waals surface area (Å²) in [6.07, 6.45) is 5.32. The highest BCUT2D eigenvalue weighted by molar-refractivity contribution is 5.83. The van der Waals surface area contributed by atoms with Crippen molar-refractivity contribution in [2.24, 2.45) is 0 Å². The zero-order valence-electron chi connectivity index (χ0n) is 14.4. The van der Waals surface area contributed by atoms with Crippen LogP contribution in [0.5, 0.6) is 0 Å². The Balaban J connectivity index is 1.79. The van der Waals surface area contributed by atoms with Crippen molar-refractivity contribution in [3.05, 3.63) is 48.5 Å². The molecule has 6 nitrogen and oxygen atoms in total. The minimum Gasteiger partial charge on any atom is -0.339 e. The number of amides is 1. The predicted octanol–water partition coefficient (Wildman–Crippen LogP) is 2.13. The summed E-state index contributed by atoms with van der Waals surface area (Å²) in [5.41, 5.74) is 1.05. The number of nitrogens with zero attached hydrogens (tertiary/aromatic N) is 5. The average Bonchev–Trinajstić information content (AvgIpc) is 3.17. The Kier molecular flexibility index (Phi) is 5.25. The molecule has 24 heavy (non-hydrogen) atoms. The van der Waals surface area contributed by atoms with Gasteiger partial charge in [0.2, 0.25) is 5.91 Å². The molecule has 0 N–H and O–H groups in total. The molecule has 1 fully saturated rings. The second kappa shape index (κ2) is 7.57. The van der Waals surface area contributed by atoms with E-state index in [1.54, 1.807) is 12.7 Å². The first-order valence-electron chi connectivity index (χ1n) is 8.58. The largest absolute Gasteiger partial charge is 0.339 e. The van der Waals surface area contributed by atoms with Crippen molar-refractivity contribution in [2.45, 2.75) is 31.8 Å². The molecule has 1 aliphatic rings. The molecule has 2 heterocycles. The highest BCUT2D eigenvalue weighted by atomic mass is 16.2. The molecule has 0 unspecified atom stereocenters. The summed E-state index contributed by atoms with van der Waals surface area (Å²) in [5.74, 6) is 0.176. The second-order valence-corrected chi connectivity index (χ2v) is 6.34. The van der Waals surface area contributed by atoms with Gasteiger partial charge in [0, 0.05) is 13.1 Å². The van der Waals surface area contributed by atoms with Crippen molar-refractivity contribution in [1.29, 1.82) is 0 Å². The lowest BCUT2D eigenvalue weighted by atomic mass is 10.0. The van der Waals surface area contributed by atoms with Gasteiger partial charge in [0.05, 0.1) is 6.04 Å². The van der Waals surface area contributed by atoms with E-state index < -0.39 is 0 Å². The van der Waals surface area contributed by atoms with Gasteiger partial charge in [-0.05, 0) is 32.0 Å². The molecule has 0 radical (unpaired) electrons. The number of rotatable bonds is 5. The van der Waals surface area contributed by atoms with E-state index in [0.717, 1.165) is 31.5 Å². The number of piperidine rings is 1. The zero-order valence-corrected chi connectivity index (χ0v) is 14.4. The number of benzene rings is 1. The Morgan fingerprint density at radius 1 is 1.38 bits per heavy atom. The van der Waals surface area contributed by atoms with E-state index in [1.807, 2.05) is 47.0 Å². The summed E-state index contributed by atoms with van der Waals surface area (Å²) in [6.45, 7) is 4.41. The highest BCUT2D eigenvalue weighted by Crippen LogP contribution is 2.26. The smallest absolute Gasteiger partial charge is 0.244 e. The van der Waals surface area contributed by atoms with Crippen LogP contribution in [0.3, 0.4) is 0 Å². The van der Waals surface area contributed by atoms with E-state index in [1.165, 1.54) is 0 Å². The monoisotopic (exact) mass is 327 g/mol. The van der Waals surface area contributed by atoms with E-state index in [4.69, 9.17) is 0 Å². The van der Waals surface area contributed by atoms with Crippen LogP contribution < -0.4 is 0 Å². The van der Waals surface area contributed by atoms with Gasteiger partial charge in [-0.15, -0.1) is 0 Å². The maximum absolute atomic E-state index is 13.3. The Labute approximate surface area is 143 Å². The molecule has 1 saturated heterocycles. The van der Waals surface area contributed by atoms with Gasteiger partial charge in [-0.1, -0.05) is 37.3 Å². The van der Waals surface area contributed by atoms with Crippen molar-refractivity contribution in [1.82, 2.24) is 24.6 Å². The summed E-state index contributed by atoms with van der Waals surface area (Å²) < 4.78 is 1.88. The fourth-order valence-corrected chi connectivity index (χ4v) is 3.35. The third kappa shape index (κ3) is 3.48. The van der Waals surface area contributed by atoms with Gasteiger partial charge >= 0.3 is 0 Å². The molecule has 2 aromatic rings. The van der Waals surface area contributed by atoms with Gasteiger partial charge in [-0.25, -0.2) is 9.67 Å². The lowest BCUT2D eigenvalue weighted by molar-refractivity contribution is -0.138. The molecule has 0 spiro atoms. The molecular weight excluding hydrogens is 302 g/mol. The Morgan fingerprint density at radius 2 is 2.17 bits per heavy atom. The van der Waals surface area contributed by atoms with Crippen LogP contribution in [-0.4, -0.2) is 57.2 Å². The lowest BCUT2D eigenvalue weighted by Crippen LogP contribution is -2.46. The van der Waals surface area contributed by atoms with Crippen molar-refractivity contribution in [3.63, 3.8) is 0 Å². The molecule has 1 amide bonds. The molecule has 128 valence electrons. The Bertz CT molecular complexity index is 643. The van der Waals surface area contributed by atoms with Crippen LogP contribution in [0.15, 0.2) is 43.0 Å². The minimum atomic E-state index is -0.231. The molecule has 1 aromatic carbocycles. The van der Waals surface area contributed by atoms with Crippen LogP contribution in [0.4, 0.5) is 0 Å². The quantitative estimate of drug-likeness (QED) is 0.844. The average molecular weight is 327 g/mol. The second-order valence-electron chi connectivity index (χ2n) is 6.34. The number of carbonyl (C=O) groups is 1. The molecule has 2 atom stereocenters. The van der Waals surface area contributed by atoms with E-state index in [2.05, 4.69) is 21.9 Å². The topological polar surface area (TPSA) is 54.3 Å². The van der Waals surface area contributed by atoms with Crippen molar-refractivity contribution >= 4 is 5.91 Å². The maximum Gasteiger partial charge on any atom is 0.244 e. The molecule has 1 aromatic heterocycles. The zero-order chi connectivity index (χ0) is 16.9. The summed E-state index contributed by atoms with van der Waals surface area (Å²) >= 11 is 0. The van der Waals surface area contributed by atoms with Gasteiger partial charge in [-0.3, -0.25) is 9.69 Å². The summed E-state index contributed by atoms with van der Waals surface area (Å²) in [7, 11) is 2.01. The number of hydrogen-bond donors (Lipinski definition) is 0. The van der Waals surface area contributed by atoms with Crippen LogP contribution in [-0.2, 0) is 4.79 Å². The fraction of sp³-hybridized carbons (Fsp3) is 0.500. The summed E-state index contributed by atoms with van der Waals surface area (Å²) in [6, 6.07) is 10.0. The van der Waals surface area contributed by atoms with Crippen LogP contribution in [0.2, 0.25) is 0 Å². The third-order valence-corrected chi connectivity index (χ3v) is 4.81. The van der Waals surface area contributed by atoms with Gasteiger partial charge < -0.3 is 4.90 Å². The van der Waals surface area contributed by atoms with Crippen molar-refractivity contribution in [3.8, 4) is 0 Å². The van der Waals surface area contributed by atoms with Crippen molar-refractivity contribution < 1.29 is 4.79 Å². The van der Waals surface area contributed by atoms with Crippen LogP contribution in [0.1, 0.15) is 37.4 Å². The van der Waals surface area contributed by atoms with Gasteiger partial charge in [0.1, 0.15) is 18.7 Å². The highest BCUT2D eigenvalue weighted by Gasteiger charge is 2.32. The standard InChI is InChI=1S/C18H25N5O/c1-3-21(2)17(15-8-5-4-6-9-15)18(24)22-11-7-10-16(12-22)23-14-19-13-20-23/h4-6,8-9,13-14,16-17H,3,7,10-12H2,1-2H3/t16-,17+/m1/s1. The molecule has 3 rings (SSSR count). The molecule has 0 aliphatic carbocycles. The number of likely N-dealkylation sites (N-methyl/N-ethyl adjacent to an activating group) is 1. The fourth-order valence-electron chi connectivity index (χ4n) is 3.35. The van der Waals surface area contributed by atoms with Crippen LogP contribution in [0, 0.1) is 0 Å². The normalized spacial score (nSPS) is 19.5. The Hall–Kier alpha value is -2.21. The van der Waals surface area contributed by atoms with E-state index in [0.29, 0.717) is 6.54 Å². The van der Waals surface area contributed by atoms with Gasteiger partial charge in [0.25, 0.3) is 0 Å². The number of hydrogen-bond acceptors (Lipinski definition) is 4. The maximum atomic E-state index is 13.3. The van der Waals surface area contributed by atoms with Crippen LogP contribution in [0.25, 0.3) is 0 Å².